The third-order valence-corrected chi connectivity index (χ3v) is 3.88. The molecule has 0 aliphatic carbocycles. The molecule has 0 unspecified atom stereocenters. The highest BCUT2D eigenvalue weighted by atomic mass is 16.5. The van der Waals surface area contributed by atoms with Crippen molar-refractivity contribution in [2.24, 2.45) is 7.05 Å². The van der Waals surface area contributed by atoms with Gasteiger partial charge in [0.25, 0.3) is 0 Å². The first kappa shape index (κ1) is 15.9. The normalized spacial score (nSPS) is 10.8. The van der Waals surface area contributed by atoms with Gasteiger partial charge in [-0.25, -0.2) is 4.79 Å². The maximum Gasteiger partial charge on any atom is 0.354 e. The number of hydrogen-bond donors (Lipinski definition) is 0. The Hall–Kier alpha value is -3.02. The minimum Gasteiger partial charge on any atom is -0.464 e. The number of methoxy groups -OCH3 is 1. The minimum atomic E-state index is -0.484. The van der Waals surface area contributed by atoms with Gasteiger partial charge in [0.1, 0.15) is 18.8 Å². The van der Waals surface area contributed by atoms with Crippen LogP contribution in [0.15, 0.2) is 48.7 Å². The number of carbonyl (C=O) groups excluding carboxylic acids is 2. The zero-order valence-electron chi connectivity index (χ0n) is 13.6. The van der Waals surface area contributed by atoms with Crippen LogP contribution in [0.25, 0.3) is 11.0 Å². The van der Waals surface area contributed by atoms with Gasteiger partial charge in [0.2, 0.25) is 0 Å². The largest absolute Gasteiger partial charge is 0.464 e. The van der Waals surface area contributed by atoms with E-state index < -0.39 is 11.9 Å². The molecule has 0 amide bonds. The molecule has 0 atom stereocenters. The summed E-state index contributed by atoms with van der Waals surface area (Å²) >= 11 is 0. The second kappa shape index (κ2) is 6.62. The Labute approximate surface area is 139 Å². The number of aryl methyl sites for hydroxylation is 1. The van der Waals surface area contributed by atoms with Crippen LogP contribution in [-0.4, -0.2) is 28.2 Å². The summed E-state index contributed by atoms with van der Waals surface area (Å²) in [4.78, 5) is 24.2. The van der Waals surface area contributed by atoms with Gasteiger partial charge in [-0.05, 0) is 17.7 Å². The molecule has 3 rings (SSSR count). The summed E-state index contributed by atoms with van der Waals surface area (Å²) in [6.45, 7) is 0.150. The Morgan fingerprint density at radius 2 is 1.83 bits per heavy atom. The van der Waals surface area contributed by atoms with Crippen molar-refractivity contribution in [1.29, 1.82) is 0 Å². The highest BCUT2D eigenvalue weighted by molar-refractivity contribution is 5.95. The van der Waals surface area contributed by atoms with Crippen LogP contribution < -0.4 is 0 Å². The van der Waals surface area contributed by atoms with Crippen LogP contribution in [0.4, 0.5) is 0 Å². The van der Waals surface area contributed by atoms with Crippen molar-refractivity contribution >= 4 is 23.0 Å². The van der Waals surface area contributed by atoms with Crippen LogP contribution in [0.2, 0.25) is 0 Å². The summed E-state index contributed by atoms with van der Waals surface area (Å²) in [5, 5.41) is 0. The van der Waals surface area contributed by atoms with E-state index in [1.165, 1.54) is 7.11 Å². The highest BCUT2D eigenvalue weighted by Gasteiger charge is 2.20. The molecule has 1 aromatic carbocycles. The molecule has 0 spiro atoms. The minimum absolute atomic E-state index is 0.0508. The van der Waals surface area contributed by atoms with Gasteiger partial charge < -0.3 is 18.6 Å². The molecule has 0 saturated heterocycles. The molecule has 0 fully saturated rings. The number of benzene rings is 1. The average Bonchev–Trinajstić information content (AvgIpc) is 3.14. The lowest BCUT2D eigenvalue weighted by Crippen LogP contribution is -2.18. The molecule has 6 nitrogen and oxygen atoms in total. The Bertz CT molecular complexity index is 877. The summed E-state index contributed by atoms with van der Waals surface area (Å²) in [7, 11) is 3.19. The fourth-order valence-electron chi connectivity index (χ4n) is 2.63. The van der Waals surface area contributed by atoms with Crippen molar-refractivity contribution < 1.29 is 19.1 Å². The quantitative estimate of drug-likeness (QED) is 0.676. The lowest BCUT2D eigenvalue weighted by atomic mass is 10.2. The molecule has 0 saturated carbocycles. The van der Waals surface area contributed by atoms with Crippen molar-refractivity contribution in [1.82, 2.24) is 9.13 Å². The summed E-state index contributed by atoms with van der Waals surface area (Å²) in [5.74, 6) is -0.896. The number of ether oxygens (including phenoxy) is 2. The molecule has 0 aliphatic heterocycles. The van der Waals surface area contributed by atoms with Gasteiger partial charge in [-0.1, -0.05) is 30.3 Å². The highest BCUT2D eigenvalue weighted by Crippen LogP contribution is 2.21. The third kappa shape index (κ3) is 3.03. The zero-order valence-corrected chi connectivity index (χ0v) is 13.6. The van der Waals surface area contributed by atoms with Crippen LogP contribution in [0.1, 0.15) is 16.1 Å². The molecule has 2 aromatic heterocycles. The predicted molar refractivity (Wildman–Crippen MR) is 88.5 cm³/mol. The molecule has 6 heteroatoms. The van der Waals surface area contributed by atoms with E-state index in [2.05, 4.69) is 0 Å². The fourth-order valence-corrected chi connectivity index (χ4v) is 2.63. The number of rotatable bonds is 5. The Kier molecular flexibility index (Phi) is 4.37. The van der Waals surface area contributed by atoms with E-state index in [9.17, 15) is 9.59 Å². The van der Waals surface area contributed by atoms with Crippen molar-refractivity contribution in [3.8, 4) is 0 Å². The topological polar surface area (TPSA) is 62.5 Å². The molecule has 0 N–H and O–H groups in total. The van der Waals surface area contributed by atoms with Crippen LogP contribution in [0.3, 0.4) is 0 Å². The van der Waals surface area contributed by atoms with Gasteiger partial charge in [-0.15, -0.1) is 0 Å². The second-order valence-corrected chi connectivity index (χ2v) is 5.45. The molecule has 0 aliphatic rings. The van der Waals surface area contributed by atoms with Crippen molar-refractivity contribution in [2.75, 3.05) is 7.11 Å². The maximum absolute atomic E-state index is 12.2. The van der Waals surface area contributed by atoms with Gasteiger partial charge in [0, 0.05) is 13.2 Å². The SMILES string of the molecule is COC(=O)c1cc2c(ccn2C)n1CC(=O)OCc1ccccc1. The van der Waals surface area contributed by atoms with Crippen LogP contribution in [0, 0.1) is 0 Å². The van der Waals surface area contributed by atoms with E-state index in [0.29, 0.717) is 5.69 Å². The van der Waals surface area contributed by atoms with E-state index in [1.54, 1.807) is 10.6 Å². The fraction of sp³-hybridized carbons (Fsp3) is 0.222. The summed E-state index contributed by atoms with van der Waals surface area (Å²) in [6.07, 6.45) is 1.87. The van der Waals surface area contributed by atoms with Gasteiger partial charge in [-0.3, -0.25) is 4.79 Å². The van der Waals surface area contributed by atoms with Crippen molar-refractivity contribution in [3.63, 3.8) is 0 Å². The van der Waals surface area contributed by atoms with Gasteiger partial charge in [-0.2, -0.15) is 0 Å². The number of fused-ring (bicyclic) bond motifs is 1. The Morgan fingerprint density at radius 1 is 1.08 bits per heavy atom. The monoisotopic (exact) mass is 326 g/mol. The molecule has 2 heterocycles. The first-order valence-electron chi connectivity index (χ1n) is 7.52. The Balaban J connectivity index is 1.80. The molecule has 24 heavy (non-hydrogen) atoms. The van der Waals surface area contributed by atoms with Crippen LogP contribution >= 0.6 is 0 Å². The molecule has 0 bridgehead atoms. The summed E-state index contributed by atoms with van der Waals surface area (Å²) in [5.41, 5.74) is 2.88. The van der Waals surface area contributed by atoms with E-state index in [0.717, 1.165) is 16.6 Å². The second-order valence-electron chi connectivity index (χ2n) is 5.45. The van der Waals surface area contributed by atoms with E-state index in [1.807, 2.05) is 54.2 Å². The van der Waals surface area contributed by atoms with E-state index in [4.69, 9.17) is 9.47 Å². The van der Waals surface area contributed by atoms with Crippen LogP contribution in [-0.2, 0) is 34.5 Å². The summed E-state index contributed by atoms with van der Waals surface area (Å²) in [6, 6.07) is 13.0. The Morgan fingerprint density at radius 3 is 2.54 bits per heavy atom. The molecule has 124 valence electrons. The van der Waals surface area contributed by atoms with Crippen molar-refractivity contribution in [3.05, 3.63) is 59.9 Å². The van der Waals surface area contributed by atoms with Crippen LogP contribution in [0.5, 0.6) is 0 Å². The zero-order chi connectivity index (χ0) is 17.1. The standard InChI is InChI=1S/C18H18N2O4/c1-19-9-8-14-15(19)10-16(18(22)23-2)20(14)11-17(21)24-12-13-6-4-3-5-7-13/h3-10H,11-12H2,1-2H3. The molecular weight excluding hydrogens is 308 g/mol. The maximum atomic E-state index is 12.2. The van der Waals surface area contributed by atoms with Crippen molar-refractivity contribution in [2.45, 2.75) is 13.2 Å². The molecular formula is C18H18N2O4. The van der Waals surface area contributed by atoms with E-state index in [-0.39, 0.29) is 13.2 Å². The first-order chi connectivity index (χ1) is 11.6. The van der Waals surface area contributed by atoms with E-state index >= 15 is 0 Å². The number of carbonyl (C=O) groups is 2. The number of esters is 2. The summed E-state index contributed by atoms with van der Waals surface area (Å²) < 4.78 is 13.6. The average molecular weight is 326 g/mol. The predicted octanol–water partition coefficient (Wildman–Crippen LogP) is 2.51. The number of hydrogen-bond acceptors (Lipinski definition) is 4. The molecule has 3 aromatic rings. The lowest BCUT2D eigenvalue weighted by Gasteiger charge is -2.09. The first-order valence-corrected chi connectivity index (χ1v) is 7.52. The number of nitrogens with zero attached hydrogens (tertiary/aromatic N) is 2. The van der Waals surface area contributed by atoms with Gasteiger partial charge in [0.05, 0.1) is 18.1 Å². The van der Waals surface area contributed by atoms with Gasteiger partial charge >= 0.3 is 11.9 Å². The lowest BCUT2D eigenvalue weighted by molar-refractivity contribution is -0.145. The molecule has 0 radical (unpaired) electrons. The number of aromatic nitrogens is 2. The van der Waals surface area contributed by atoms with Gasteiger partial charge in [0.15, 0.2) is 0 Å². The smallest absolute Gasteiger partial charge is 0.354 e. The third-order valence-electron chi connectivity index (χ3n) is 3.88.